The number of tetrazole rings is 1. The molecule has 0 spiro atoms. The summed E-state index contributed by atoms with van der Waals surface area (Å²) in [5.41, 5.74) is 3.12. The van der Waals surface area contributed by atoms with Gasteiger partial charge < -0.3 is 5.11 Å². The zero-order valence-corrected chi connectivity index (χ0v) is 10.3. The largest absolute Gasteiger partial charge is 0.481 e. The molecule has 0 atom stereocenters. The van der Waals surface area contributed by atoms with Gasteiger partial charge in [0.2, 0.25) is 5.82 Å². The lowest BCUT2D eigenvalue weighted by Gasteiger charge is -2.01. The van der Waals surface area contributed by atoms with Crippen molar-refractivity contribution in [1.82, 2.24) is 20.2 Å². The van der Waals surface area contributed by atoms with Gasteiger partial charge in [0.15, 0.2) is 0 Å². The first kappa shape index (κ1) is 12.2. The molecule has 18 heavy (non-hydrogen) atoms. The highest BCUT2D eigenvalue weighted by atomic mass is 16.4. The molecule has 2 rings (SSSR count). The number of aliphatic carboxylic acids is 1. The Bertz CT molecular complexity index is 577. The number of hydrogen-bond donors (Lipinski definition) is 1. The molecular weight excluding hydrogens is 232 g/mol. The minimum atomic E-state index is -0.874. The van der Waals surface area contributed by atoms with Crippen molar-refractivity contribution >= 4 is 5.97 Å². The van der Waals surface area contributed by atoms with E-state index in [1.165, 1.54) is 4.80 Å². The lowest BCUT2D eigenvalue weighted by atomic mass is 10.1. The molecule has 0 unspecified atom stereocenters. The van der Waals surface area contributed by atoms with E-state index in [0.29, 0.717) is 5.82 Å². The smallest absolute Gasteiger partial charge is 0.305 e. The molecule has 0 fully saturated rings. The first-order valence-corrected chi connectivity index (χ1v) is 5.63. The third-order valence-electron chi connectivity index (χ3n) is 2.61. The third-order valence-corrected chi connectivity index (χ3v) is 2.61. The second-order valence-corrected chi connectivity index (χ2v) is 4.17. The molecule has 1 aromatic heterocycles. The average Bonchev–Trinajstić information content (AvgIpc) is 2.78. The van der Waals surface area contributed by atoms with Crippen LogP contribution in [0.15, 0.2) is 18.2 Å². The van der Waals surface area contributed by atoms with E-state index >= 15 is 0 Å². The van der Waals surface area contributed by atoms with Crippen LogP contribution >= 0.6 is 0 Å². The van der Waals surface area contributed by atoms with Crippen LogP contribution in [0.3, 0.4) is 0 Å². The molecule has 0 aliphatic carbocycles. The second kappa shape index (κ2) is 4.95. The van der Waals surface area contributed by atoms with Gasteiger partial charge in [-0.2, -0.15) is 4.80 Å². The van der Waals surface area contributed by atoms with E-state index in [0.717, 1.165) is 16.7 Å². The molecule has 0 bridgehead atoms. The minimum absolute atomic E-state index is 0.0113. The highest BCUT2D eigenvalue weighted by Crippen LogP contribution is 2.20. The van der Waals surface area contributed by atoms with Crippen molar-refractivity contribution in [2.24, 2.45) is 0 Å². The Morgan fingerprint density at radius 3 is 2.89 bits per heavy atom. The van der Waals surface area contributed by atoms with Gasteiger partial charge >= 0.3 is 5.97 Å². The van der Waals surface area contributed by atoms with Gasteiger partial charge in [-0.25, -0.2) is 0 Å². The number of carbonyl (C=O) groups is 1. The number of nitrogens with zero attached hydrogens (tertiary/aromatic N) is 4. The summed E-state index contributed by atoms with van der Waals surface area (Å²) in [6.07, 6.45) is -0.0113. The molecule has 0 radical (unpaired) electrons. The molecule has 6 heteroatoms. The summed E-state index contributed by atoms with van der Waals surface area (Å²) in [6, 6.07) is 6.02. The average molecular weight is 246 g/mol. The maximum Gasteiger partial charge on any atom is 0.305 e. The fraction of sp³-hybridized carbons (Fsp3) is 0.333. The van der Waals surface area contributed by atoms with Gasteiger partial charge in [-0.05, 0) is 30.7 Å². The number of aryl methyl sites for hydroxylation is 3. The minimum Gasteiger partial charge on any atom is -0.481 e. The summed E-state index contributed by atoms with van der Waals surface area (Å²) in [4.78, 5) is 11.8. The van der Waals surface area contributed by atoms with Crippen molar-refractivity contribution < 1.29 is 9.90 Å². The normalized spacial score (nSPS) is 10.6. The van der Waals surface area contributed by atoms with Crippen LogP contribution in [0.5, 0.6) is 0 Å². The number of carboxylic acids is 1. The monoisotopic (exact) mass is 246 g/mol. The third kappa shape index (κ3) is 2.71. The fourth-order valence-corrected chi connectivity index (χ4v) is 1.62. The van der Waals surface area contributed by atoms with E-state index in [9.17, 15) is 4.79 Å². The maximum absolute atomic E-state index is 10.5. The summed E-state index contributed by atoms with van der Waals surface area (Å²) in [6.45, 7) is 4.21. The Balaban J connectivity index is 2.23. The molecule has 2 aromatic rings. The van der Waals surface area contributed by atoms with Crippen LogP contribution in [-0.4, -0.2) is 31.3 Å². The van der Waals surface area contributed by atoms with Crippen molar-refractivity contribution in [2.75, 3.05) is 0 Å². The van der Waals surface area contributed by atoms with Gasteiger partial charge in [-0.1, -0.05) is 17.7 Å². The van der Waals surface area contributed by atoms with Crippen molar-refractivity contribution in [3.63, 3.8) is 0 Å². The molecule has 1 heterocycles. The van der Waals surface area contributed by atoms with Crippen LogP contribution in [0.4, 0.5) is 0 Å². The number of carboxylic acid groups (broad SMARTS) is 1. The van der Waals surface area contributed by atoms with E-state index in [-0.39, 0.29) is 13.0 Å². The standard InChI is InChI=1S/C12H14N4O2/c1-8-3-4-9(2)10(7-8)12-13-15-16(14-12)6-5-11(17)18/h3-4,7H,5-6H2,1-2H3,(H,17,18). The van der Waals surface area contributed by atoms with Gasteiger partial charge in [0, 0.05) is 5.56 Å². The van der Waals surface area contributed by atoms with Crippen LogP contribution in [0.2, 0.25) is 0 Å². The quantitative estimate of drug-likeness (QED) is 0.882. The Labute approximate surface area is 104 Å². The molecule has 0 aliphatic rings. The van der Waals surface area contributed by atoms with Gasteiger partial charge in [-0.15, -0.1) is 10.2 Å². The predicted octanol–water partition coefficient (Wildman–Crippen LogP) is 1.43. The first-order chi connectivity index (χ1) is 8.56. The summed E-state index contributed by atoms with van der Waals surface area (Å²) in [5, 5.41) is 20.6. The molecule has 6 nitrogen and oxygen atoms in total. The molecule has 1 N–H and O–H groups in total. The second-order valence-electron chi connectivity index (χ2n) is 4.17. The topological polar surface area (TPSA) is 80.9 Å². The molecule has 0 saturated carbocycles. The van der Waals surface area contributed by atoms with Gasteiger partial charge in [-0.3, -0.25) is 4.79 Å². The fourth-order valence-electron chi connectivity index (χ4n) is 1.62. The Hall–Kier alpha value is -2.24. The van der Waals surface area contributed by atoms with Crippen LogP contribution in [0, 0.1) is 13.8 Å². The van der Waals surface area contributed by atoms with Crippen molar-refractivity contribution in [3.05, 3.63) is 29.3 Å². The molecule has 0 aliphatic heterocycles. The predicted molar refractivity (Wildman–Crippen MR) is 65.0 cm³/mol. The highest BCUT2D eigenvalue weighted by molar-refractivity contribution is 5.66. The van der Waals surface area contributed by atoms with Crippen LogP contribution < -0.4 is 0 Å². The summed E-state index contributed by atoms with van der Waals surface area (Å²) < 4.78 is 0. The number of hydrogen-bond acceptors (Lipinski definition) is 4. The zero-order chi connectivity index (χ0) is 13.1. The molecule has 0 saturated heterocycles. The zero-order valence-electron chi connectivity index (χ0n) is 10.3. The number of aromatic nitrogens is 4. The van der Waals surface area contributed by atoms with Gasteiger partial charge in [0.25, 0.3) is 0 Å². The lowest BCUT2D eigenvalue weighted by Crippen LogP contribution is -2.07. The van der Waals surface area contributed by atoms with Crippen molar-refractivity contribution in [1.29, 1.82) is 0 Å². The van der Waals surface area contributed by atoms with Crippen LogP contribution in [-0.2, 0) is 11.3 Å². The van der Waals surface area contributed by atoms with Crippen molar-refractivity contribution in [2.45, 2.75) is 26.8 Å². The maximum atomic E-state index is 10.5. The number of rotatable bonds is 4. The molecular formula is C12H14N4O2. The van der Waals surface area contributed by atoms with E-state index in [4.69, 9.17) is 5.11 Å². The first-order valence-electron chi connectivity index (χ1n) is 5.63. The summed E-state index contributed by atoms with van der Waals surface area (Å²) in [5.74, 6) is -0.345. The van der Waals surface area contributed by atoms with E-state index in [1.54, 1.807) is 0 Å². The lowest BCUT2D eigenvalue weighted by molar-refractivity contribution is -0.137. The van der Waals surface area contributed by atoms with Gasteiger partial charge in [0.1, 0.15) is 0 Å². The van der Waals surface area contributed by atoms with E-state index < -0.39 is 5.97 Å². The van der Waals surface area contributed by atoms with E-state index in [2.05, 4.69) is 15.4 Å². The van der Waals surface area contributed by atoms with Crippen LogP contribution in [0.25, 0.3) is 11.4 Å². The summed E-state index contributed by atoms with van der Waals surface area (Å²) >= 11 is 0. The Kier molecular flexibility index (Phi) is 3.36. The van der Waals surface area contributed by atoms with Crippen molar-refractivity contribution in [3.8, 4) is 11.4 Å². The Morgan fingerprint density at radius 1 is 1.39 bits per heavy atom. The molecule has 94 valence electrons. The molecule has 1 aromatic carbocycles. The van der Waals surface area contributed by atoms with E-state index in [1.807, 2.05) is 32.0 Å². The van der Waals surface area contributed by atoms with Gasteiger partial charge in [0.05, 0.1) is 13.0 Å². The van der Waals surface area contributed by atoms with Crippen LogP contribution in [0.1, 0.15) is 17.5 Å². The SMILES string of the molecule is Cc1ccc(C)c(-c2nnn(CCC(=O)O)n2)c1. The Morgan fingerprint density at radius 2 is 2.17 bits per heavy atom. The molecule has 0 amide bonds. The highest BCUT2D eigenvalue weighted by Gasteiger charge is 2.09. The number of benzene rings is 1. The summed E-state index contributed by atoms with van der Waals surface area (Å²) in [7, 11) is 0.